The van der Waals surface area contributed by atoms with E-state index in [0.29, 0.717) is 23.5 Å². The molecule has 0 saturated heterocycles. The van der Waals surface area contributed by atoms with Gasteiger partial charge in [0.1, 0.15) is 5.75 Å². The number of aryl methyl sites for hydroxylation is 1. The molecule has 1 heterocycles. The van der Waals surface area contributed by atoms with Gasteiger partial charge in [0.2, 0.25) is 0 Å². The fourth-order valence-corrected chi connectivity index (χ4v) is 2.09. The van der Waals surface area contributed by atoms with Crippen LogP contribution in [0.1, 0.15) is 21.7 Å². The van der Waals surface area contributed by atoms with Gasteiger partial charge in [-0.25, -0.2) is 0 Å². The summed E-state index contributed by atoms with van der Waals surface area (Å²) in [4.78, 5) is 18.5. The Labute approximate surface area is 124 Å². The Morgan fingerprint density at radius 2 is 2.10 bits per heavy atom. The average molecular weight is 285 g/mol. The zero-order valence-corrected chi connectivity index (χ0v) is 12.5. The van der Waals surface area contributed by atoms with Gasteiger partial charge in [0.15, 0.2) is 0 Å². The molecule has 0 aliphatic heterocycles. The van der Waals surface area contributed by atoms with Crippen LogP contribution in [0, 0.1) is 6.92 Å². The zero-order valence-electron chi connectivity index (χ0n) is 12.5. The highest BCUT2D eigenvalue weighted by Crippen LogP contribution is 2.23. The van der Waals surface area contributed by atoms with Crippen molar-refractivity contribution < 1.29 is 9.53 Å². The van der Waals surface area contributed by atoms with Gasteiger partial charge in [-0.15, -0.1) is 0 Å². The summed E-state index contributed by atoms with van der Waals surface area (Å²) >= 11 is 0. The van der Waals surface area contributed by atoms with E-state index >= 15 is 0 Å². The summed E-state index contributed by atoms with van der Waals surface area (Å²) in [6, 6.07) is 10.8. The average Bonchev–Trinajstić information content (AvgIpc) is 2.46. The van der Waals surface area contributed by atoms with Crippen molar-refractivity contribution in [1.82, 2.24) is 9.88 Å². The van der Waals surface area contributed by atoms with Crippen molar-refractivity contribution in [3.8, 4) is 5.75 Å². The molecule has 0 saturated carbocycles. The van der Waals surface area contributed by atoms with E-state index in [1.54, 1.807) is 30.1 Å². The van der Waals surface area contributed by atoms with Crippen LogP contribution in [-0.4, -0.2) is 29.9 Å². The minimum absolute atomic E-state index is 0.129. The molecule has 1 amide bonds. The van der Waals surface area contributed by atoms with E-state index in [4.69, 9.17) is 10.5 Å². The molecule has 1 aromatic carbocycles. The standard InChI is InChI=1S/C16H19N3O2/c1-11-5-4-6-13(18-11)10-19(2)16(20)14-8-7-12(17)9-15(14)21-3/h4-9H,10,17H2,1-3H3. The van der Waals surface area contributed by atoms with Gasteiger partial charge in [0.25, 0.3) is 5.91 Å². The molecule has 2 aromatic rings. The largest absolute Gasteiger partial charge is 0.496 e. The van der Waals surface area contributed by atoms with Crippen LogP contribution < -0.4 is 10.5 Å². The van der Waals surface area contributed by atoms with Crippen LogP contribution in [0.5, 0.6) is 5.75 Å². The Hall–Kier alpha value is -2.56. The lowest BCUT2D eigenvalue weighted by molar-refractivity contribution is 0.0780. The number of pyridine rings is 1. The molecule has 0 aliphatic rings. The number of carbonyl (C=O) groups is 1. The van der Waals surface area contributed by atoms with Gasteiger partial charge >= 0.3 is 0 Å². The molecule has 21 heavy (non-hydrogen) atoms. The van der Waals surface area contributed by atoms with E-state index in [-0.39, 0.29) is 5.91 Å². The predicted octanol–water partition coefficient (Wildman–Crippen LogP) is 2.25. The van der Waals surface area contributed by atoms with Crippen molar-refractivity contribution in [3.05, 3.63) is 53.3 Å². The van der Waals surface area contributed by atoms with Crippen LogP contribution >= 0.6 is 0 Å². The van der Waals surface area contributed by atoms with Gasteiger partial charge in [-0.3, -0.25) is 9.78 Å². The molecule has 0 spiro atoms. The number of nitrogens with two attached hydrogens (primary N) is 1. The highest BCUT2D eigenvalue weighted by Gasteiger charge is 2.17. The van der Waals surface area contributed by atoms with Crippen molar-refractivity contribution in [2.24, 2.45) is 0 Å². The number of benzene rings is 1. The van der Waals surface area contributed by atoms with Gasteiger partial charge in [-0.05, 0) is 31.2 Å². The first-order valence-corrected chi connectivity index (χ1v) is 6.63. The van der Waals surface area contributed by atoms with Crippen LogP contribution in [0.25, 0.3) is 0 Å². The highest BCUT2D eigenvalue weighted by molar-refractivity contribution is 5.97. The molecule has 0 bridgehead atoms. The lowest BCUT2D eigenvalue weighted by Crippen LogP contribution is -2.27. The van der Waals surface area contributed by atoms with Crippen LogP contribution in [0.4, 0.5) is 5.69 Å². The number of rotatable bonds is 4. The number of nitrogen functional groups attached to an aromatic ring is 1. The number of hydrogen-bond acceptors (Lipinski definition) is 4. The number of anilines is 1. The monoisotopic (exact) mass is 285 g/mol. The predicted molar refractivity (Wildman–Crippen MR) is 82.2 cm³/mol. The fourth-order valence-electron chi connectivity index (χ4n) is 2.09. The summed E-state index contributed by atoms with van der Waals surface area (Å²) in [5.74, 6) is 0.346. The number of carbonyl (C=O) groups excluding carboxylic acids is 1. The molecule has 0 aliphatic carbocycles. The first kappa shape index (κ1) is 14.8. The van der Waals surface area contributed by atoms with Crippen LogP contribution in [0.3, 0.4) is 0 Å². The van der Waals surface area contributed by atoms with E-state index in [0.717, 1.165) is 11.4 Å². The van der Waals surface area contributed by atoms with E-state index in [2.05, 4.69) is 4.98 Å². The van der Waals surface area contributed by atoms with Gasteiger partial charge in [-0.1, -0.05) is 6.07 Å². The topological polar surface area (TPSA) is 68.5 Å². The summed E-state index contributed by atoms with van der Waals surface area (Å²) in [5.41, 5.74) is 8.53. The van der Waals surface area contributed by atoms with Crippen molar-refractivity contribution in [2.45, 2.75) is 13.5 Å². The summed E-state index contributed by atoms with van der Waals surface area (Å²) in [6.45, 7) is 2.36. The number of nitrogens with zero attached hydrogens (tertiary/aromatic N) is 2. The third-order valence-electron chi connectivity index (χ3n) is 3.15. The van der Waals surface area contributed by atoms with Crippen LogP contribution in [-0.2, 0) is 6.54 Å². The Kier molecular flexibility index (Phi) is 4.42. The number of aromatic nitrogens is 1. The van der Waals surface area contributed by atoms with Gasteiger partial charge in [0.05, 0.1) is 24.9 Å². The number of methoxy groups -OCH3 is 1. The van der Waals surface area contributed by atoms with Crippen molar-refractivity contribution in [1.29, 1.82) is 0 Å². The second-order valence-electron chi connectivity index (χ2n) is 4.89. The summed E-state index contributed by atoms with van der Waals surface area (Å²) < 4.78 is 5.22. The second kappa shape index (κ2) is 6.26. The smallest absolute Gasteiger partial charge is 0.257 e. The lowest BCUT2D eigenvalue weighted by atomic mass is 10.1. The minimum atomic E-state index is -0.129. The number of amides is 1. The summed E-state index contributed by atoms with van der Waals surface area (Å²) in [6.07, 6.45) is 0. The maximum Gasteiger partial charge on any atom is 0.257 e. The molecule has 0 fully saturated rings. The molecule has 110 valence electrons. The molecule has 0 unspecified atom stereocenters. The van der Waals surface area contributed by atoms with Crippen molar-refractivity contribution >= 4 is 11.6 Å². The summed E-state index contributed by atoms with van der Waals surface area (Å²) in [7, 11) is 3.26. The lowest BCUT2D eigenvalue weighted by Gasteiger charge is -2.18. The van der Waals surface area contributed by atoms with Gasteiger partial charge in [0, 0.05) is 24.5 Å². The van der Waals surface area contributed by atoms with E-state index in [1.165, 1.54) is 7.11 Å². The molecule has 1 aromatic heterocycles. The second-order valence-corrected chi connectivity index (χ2v) is 4.89. The number of hydrogen-bond donors (Lipinski definition) is 1. The SMILES string of the molecule is COc1cc(N)ccc1C(=O)N(C)Cc1cccc(C)n1. The van der Waals surface area contributed by atoms with Gasteiger partial charge in [-0.2, -0.15) is 0 Å². The molecule has 5 heteroatoms. The highest BCUT2D eigenvalue weighted by atomic mass is 16.5. The Morgan fingerprint density at radius 3 is 2.76 bits per heavy atom. The van der Waals surface area contributed by atoms with E-state index < -0.39 is 0 Å². The Bertz CT molecular complexity index is 656. The van der Waals surface area contributed by atoms with Crippen LogP contribution in [0.15, 0.2) is 36.4 Å². The zero-order chi connectivity index (χ0) is 15.4. The Balaban J connectivity index is 2.19. The fraction of sp³-hybridized carbons (Fsp3) is 0.250. The van der Waals surface area contributed by atoms with Crippen molar-refractivity contribution in [3.63, 3.8) is 0 Å². The molecule has 2 rings (SSSR count). The first-order chi connectivity index (χ1) is 10.0. The van der Waals surface area contributed by atoms with Gasteiger partial charge < -0.3 is 15.4 Å². The van der Waals surface area contributed by atoms with E-state index in [9.17, 15) is 4.79 Å². The molecular weight excluding hydrogens is 266 g/mol. The molecule has 5 nitrogen and oxygen atoms in total. The maximum absolute atomic E-state index is 12.5. The van der Waals surface area contributed by atoms with Crippen LogP contribution in [0.2, 0.25) is 0 Å². The third kappa shape index (κ3) is 3.51. The molecule has 2 N–H and O–H groups in total. The summed E-state index contributed by atoms with van der Waals surface area (Å²) in [5, 5.41) is 0. The first-order valence-electron chi connectivity index (χ1n) is 6.63. The van der Waals surface area contributed by atoms with E-state index in [1.807, 2.05) is 25.1 Å². The third-order valence-corrected chi connectivity index (χ3v) is 3.15. The molecule has 0 atom stereocenters. The normalized spacial score (nSPS) is 10.2. The minimum Gasteiger partial charge on any atom is -0.496 e. The maximum atomic E-state index is 12.5. The molecule has 0 radical (unpaired) electrons. The van der Waals surface area contributed by atoms with Crippen molar-refractivity contribution in [2.75, 3.05) is 19.9 Å². The molecular formula is C16H19N3O2. The number of ether oxygens (including phenoxy) is 1. The quantitative estimate of drug-likeness (QED) is 0.875. The Morgan fingerprint density at radius 1 is 1.33 bits per heavy atom.